The molecule has 0 aliphatic heterocycles. The van der Waals surface area contributed by atoms with Crippen molar-refractivity contribution in [2.24, 2.45) is 0 Å². The van der Waals surface area contributed by atoms with E-state index >= 15 is 0 Å². The van der Waals surface area contributed by atoms with E-state index in [0.717, 1.165) is 6.42 Å². The van der Waals surface area contributed by atoms with E-state index in [1.807, 2.05) is 7.05 Å². The van der Waals surface area contributed by atoms with Gasteiger partial charge in [-0.05, 0) is 41.6 Å². The van der Waals surface area contributed by atoms with Gasteiger partial charge in [0.1, 0.15) is 0 Å². The first kappa shape index (κ1) is 14.8. The lowest BCUT2D eigenvalue weighted by atomic mass is 9.94. The Hall–Kier alpha value is -1.60. The van der Waals surface area contributed by atoms with Crippen molar-refractivity contribution in [1.82, 2.24) is 5.32 Å². The van der Waals surface area contributed by atoms with Gasteiger partial charge in [0.25, 0.3) is 0 Å². The Morgan fingerprint density at radius 2 is 1.55 bits per heavy atom. The first-order valence-electron chi connectivity index (χ1n) is 7.51. The molecule has 0 bridgehead atoms. The highest BCUT2D eigenvalue weighted by atomic mass is 14.9. The van der Waals surface area contributed by atoms with Crippen LogP contribution in [0.3, 0.4) is 0 Å². The second kappa shape index (κ2) is 6.71. The van der Waals surface area contributed by atoms with E-state index in [1.54, 1.807) is 0 Å². The largest absolute Gasteiger partial charge is 0.309 e. The molecule has 1 nitrogen and oxygen atoms in total. The van der Waals surface area contributed by atoms with E-state index in [0.29, 0.717) is 5.92 Å². The van der Waals surface area contributed by atoms with Crippen LogP contribution < -0.4 is 5.32 Å². The van der Waals surface area contributed by atoms with Crippen molar-refractivity contribution in [3.63, 3.8) is 0 Å². The van der Waals surface area contributed by atoms with Crippen LogP contribution in [0.25, 0.3) is 0 Å². The van der Waals surface area contributed by atoms with Gasteiger partial charge in [0, 0.05) is 0 Å². The van der Waals surface area contributed by atoms with Crippen molar-refractivity contribution in [3.8, 4) is 0 Å². The highest BCUT2D eigenvalue weighted by molar-refractivity contribution is 5.36. The van der Waals surface area contributed by atoms with Crippen molar-refractivity contribution in [2.45, 2.75) is 39.2 Å². The van der Waals surface area contributed by atoms with Gasteiger partial charge in [-0.25, -0.2) is 0 Å². The number of benzene rings is 2. The Morgan fingerprint density at radius 3 is 2.10 bits per heavy atom. The molecule has 106 valence electrons. The lowest BCUT2D eigenvalue weighted by Crippen LogP contribution is -2.17. The molecule has 1 unspecified atom stereocenters. The summed E-state index contributed by atoms with van der Waals surface area (Å²) in [6, 6.07) is 18.1. The third-order valence-electron chi connectivity index (χ3n) is 3.92. The van der Waals surface area contributed by atoms with Crippen LogP contribution in [0, 0.1) is 0 Å². The summed E-state index contributed by atoms with van der Waals surface area (Å²) >= 11 is 0. The lowest BCUT2D eigenvalue weighted by molar-refractivity contribution is 0.690. The first-order chi connectivity index (χ1) is 9.65. The van der Waals surface area contributed by atoms with Gasteiger partial charge >= 0.3 is 0 Å². The number of rotatable bonds is 5. The molecular weight excluding hydrogens is 242 g/mol. The highest BCUT2D eigenvalue weighted by Gasteiger charge is 2.12. The van der Waals surface area contributed by atoms with E-state index in [4.69, 9.17) is 0 Å². The first-order valence-corrected chi connectivity index (χ1v) is 7.51. The number of hydrogen-bond donors (Lipinski definition) is 1. The topological polar surface area (TPSA) is 12.0 Å². The van der Waals surface area contributed by atoms with E-state index in [-0.39, 0.29) is 6.04 Å². The maximum absolute atomic E-state index is 3.43. The summed E-state index contributed by atoms with van der Waals surface area (Å²) in [6.45, 7) is 6.66. The number of aryl methyl sites for hydroxylation is 1. The van der Waals surface area contributed by atoms with Gasteiger partial charge in [-0.3, -0.25) is 0 Å². The van der Waals surface area contributed by atoms with Gasteiger partial charge in [0.2, 0.25) is 0 Å². The van der Waals surface area contributed by atoms with Gasteiger partial charge in [0.15, 0.2) is 0 Å². The predicted octanol–water partition coefficient (Wildman–Crippen LogP) is 4.68. The molecule has 0 saturated carbocycles. The summed E-state index contributed by atoms with van der Waals surface area (Å²) in [7, 11) is 2.03. The normalized spacial score (nSPS) is 12.7. The van der Waals surface area contributed by atoms with Crippen molar-refractivity contribution >= 4 is 0 Å². The zero-order valence-electron chi connectivity index (χ0n) is 13.0. The summed E-state index contributed by atoms with van der Waals surface area (Å²) in [4.78, 5) is 0. The van der Waals surface area contributed by atoms with E-state index in [2.05, 4.69) is 74.6 Å². The molecule has 0 aromatic heterocycles. The molecule has 2 aromatic rings. The molecule has 0 amide bonds. The predicted molar refractivity (Wildman–Crippen MR) is 87.3 cm³/mol. The van der Waals surface area contributed by atoms with Crippen molar-refractivity contribution in [2.75, 3.05) is 7.05 Å². The van der Waals surface area contributed by atoms with E-state index in [9.17, 15) is 0 Å². The Bertz CT molecular complexity index is 540. The third kappa shape index (κ3) is 3.29. The van der Waals surface area contributed by atoms with Crippen LogP contribution in [0.5, 0.6) is 0 Å². The summed E-state index contributed by atoms with van der Waals surface area (Å²) in [5.41, 5.74) is 5.45. The van der Waals surface area contributed by atoms with E-state index < -0.39 is 0 Å². The van der Waals surface area contributed by atoms with Gasteiger partial charge < -0.3 is 5.32 Å². The maximum Gasteiger partial charge on any atom is 0.0574 e. The summed E-state index contributed by atoms with van der Waals surface area (Å²) in [5.74, 6) is 0.584. The lowest BCUT2D eigenvalue weighted by Gasteiger charge is -2.19. The monoisotopic (exact) mass is 267 g/mol. The molecular formula is C19H25N. The molecule has 2 rings (SSSR count). The van der Waals surface area contributed by atoms with Crippen LogP contribution in [-0.4, -0.2) is 7.05 Å². The molecule has 0 saturated heterocycles. The summed E-state index contributed by atoms with van der Waals surface area (Å²) < 4.78 is 0. The molecule has 1 heteroatoms. The van der Waals surface area contributed by atoms with Gasteiger partial charge in [-0.15, -0.1) is 0 Å². The van der Waals surface area contributed by atoms with Crippen LogP contribution in [0.1, 0.15) is 55.0 Å². The minimum atomic E-state index is 0.266. The van der Waals surface area contributed by atoms with Gasteiger partial charge in [-0.2, -0.15) is 0 Å². The highest BCUT2D eigenvalue weighted by Crippen LogP contribution is 2.24. The second-order valence-corrected chi connectivity index (χ2v) is 5.64. The fourth-order valence-corrected chi connectivity index (χ4v) is 2.59. The Morgan fingerprint density at radius 1 is 0.900 bits per heavy atom. The standard InChI is InChI=1S/C19H25N/c1-5-15-7-6-8-18(13-15)19(20-4)17-11-9-16(10-12-17)14(2)3/h6-14,19-20H,5H2,1-4H3. The van der Waals surface area contributed by atoms with Crippen LogP contribution in [0.4, 0.5) is 0 Å². The number of nitrogens with one attached hydrogen (secondary N) is 1. The Kier molecular flexibility index (Phi) is 4.97. The molecule has 2 aromatic carbocycles. The van der Waals surface area contributed by atoms with Crippen LogP contribution >= 0.6 is 0 Å². The summed E-state index contributed by atoms with van der Waals surface area (Å²) in [6.07, 6.45) is 1.08. The fourth-order valence-electron chi connectivity index (χ4n) is 2.59. The molecule has 20 heavy (non-hydrogen) atoms. The summed E-state index contributed by atoms with van der Waals surface area (Å²) in [5, 5.41) is 3.43. The molecule has 0 heterocycles. The van der Waals surface area contributed by atoms with Crippen LogP contribution in [0.15, 0.2) is 48.5 Å². The Labute approximate surface area is 123 Å². The molecule has 0 aliphatic carbocycles. The zero-order valence-corrected chi connectivity index (χ0v) is 13.0. The molecule has 0 radical (unpaired) electrons. The minimum absolute atomic E-state index is 0.266. The average Bonchev–Trinajstić information content (AvgIpc) is 2.49. The number of hydrogen-bond acceptors (Lipinski definition) is 1. The molecule has 0 spiro atoms. The smallest absolute Gasteiger partial charge is 0.0574 e. The molecule has 0 fully saturated rings. The average molecular weight is 267 g/mol. The minimum Gasteiger partial charge on any atom is -0.309 e. The fraction of sp³-hybridized carbons (Fsp3) is 0.368. The molecule has 0 aliphatic rings. The zero-order chi connectivity index (χ0) is 14.5. The molecule has 1 atom stereocenters. The third-order valence-corrected chi connectivity index (χ3v) is 3.92. The SMILES string of the molecule is CCc1cccc(C(NC)c2ccc(C(C)C)cc2)c1. The van der Waals surface area contributed by atoms with Crippen molar-refractivity contribution in [3.05, 3.63) is 70.8 Å². The van der Waals surface area contributed by atoms with Crippen molar-refractivity contribution < 1.29 is 0 Å². The quantitative estimate of drug-likeness (QED) is 0.829. The van der Waals surface area contributed by atoms with Crippen LogP contribution in [0.2, 0.25) is 0 Å². The van der Waals surface area contributed by atoms with Crippen LogP contribution in [-0.2, 0) is 6.42 Å². The Balaban J connectivity index is 2.31. The van der Waals surface area contributed by atoms with Gasteiger partial charge in [0.05, 0.1) is 6.04 Å². The van der Waals surface area contributed by atoms with Crippen molar-refractivity contribution in [1.29, 1.82) is 0 Å². The van der Waals surface area contributed by atoms with E-state index in [1.165, 1.54) is 22.3 Å². The molecule has 1 N–H and O–H groups in total. The maximum atomic E-state index is 3.43. The second-order valence-electron chi connectivity index (χ2n) is 5.64. The van der Waals surface area contributed by atoms with Gasteiger partial charge in [-0.1, -0.05) is 69.3 Å².